The summed E-state index contributed by atoms with van der Waals surface area (Å²) in [6.07, 6.45) is 3.09. The molecule has 0 radical (unpaired) electrons. The molecule has 0 aliphatic carbocycles. The van der Waals surface area contributed by atoms with Crippen LogP contribution in [0.2, 0.25) is 0 Å². The quantitative estimate of drug-likeness (QED) is 0.643. The highest BCUT2D eigenvalue weighted by Crippen LogP contribution is 2.28. The van der Waals surface area contributed by atoms with Gasteiger partial charge in [0, 0.05) is 44.1 Å². The van der Waals surface area contributed by atoms with Crippen molar-refractivity contribution in [3.63, 3.8) is 0 Å². The lowest BCUT2D eigenvalue weighted by Gasteiger charge is -2.33. The summed E-state index contributed by atoms with van der Waals surface area (Å²) in [5.74, 6) is -0.391. The van der Waals surface area contributed by atoms with Gasteiger partial charge in [-0.15, -0.1) is 0 Å². The second-order valence-corrected chi connectivity index (χ2v) is 8.47. The van der Waals surface area contributed by atoms with E-state index in [0.717, 1.165) is 11.8 Å². The average Bonchev–Trinajstić information content (AvgIpc) is 2.69. The Balaban J connectivity index is 1.48. The third-order valence-corrected chi connectivity index (χ3v) is 5.16. The number of hydrogen-bond donors (Lipinski definition) is 2. The van der Waals surface area contributed by atoms with E-state index in [9.17, 15) is 13.9 Å². The van der Waals surface area contributed by atoms with Gasteiger partial charge in [-0.2, -0.15) is 0 Å². The first-order valence-corrected chi connectivity index (χ1v) is 10.2. The van der Waals surface area contributed by atoms with Crippen molar-refractivity contribution in [2.45, 2.75) is 44.8 Å². The maximum Gasteiger partial charge on any atom is 0.172 e. The van der Waals surface area contributed by atoms with Gasteiger partial charge in [-0.05, 0) is 32.0 Å². The summed E-state index contributed by atoms with van der Waals surface area (Å²) in [6.45, 7) is 4.67. The molecule has 1 aromatic carbocycles. The molecular formula is C22H25F2N5O2. The first-order chi connectivity index (χ1) is 14.7. The van der Waals surface area contributed by atoms with Crippen molar-refractivity contribution in [1.29, 1.82) is 0 Å². The van der Waals surface area contributed by atoms with Crippen molar-refractivity contribution in [1.82, 2.24) is 15.0 Å². The Kier molecular flexibility index (Phi) is 5.62. The number of nitrogen functional groups attached to an aromatic ring is 1. The van der Waals surface area contributed by atoms with E-state index in [2.05, 4.69) is 9.97 Å². The van der Waals surface area contributed by atoms with Crippen molar-refractivity contribution < 1.29 is 18.6 Å². The molecule has 0 atom stereocenters. The summed E-state index contributed by atoms with van der Waals surface area (Å²) in [7, 11) is 0. The van der Waals surface area contributed by atoms with E-state index in [1.807, 2.05) is 11.0 Å². The fourth-order valence-electron chi connectivity index (χ4n) is 3.71. The lowest BCUT2D eigenvalue weighted by Crippen LogP contribution is -2.39. The second-order valence-electron chi connectivity index (χ2n) is 8.47. The van der Waals surface area contributed by atoms with Crippen LogP contribution in [0.4, 0.5) is 20.4 Å². The molecule has 2 aromatic heterocycles. The van der Waals surface area contributed by atoms with Crippen LogP contribution in [0.1, 0.15) is 32.4 Å². The molecule has 1 aliphatic heterocycles. The second kappa shape index (κ2) is 8.22. The largest absolute Gasteiger partial charge is 0.487 e. The Morgan fingerprint density at radius 3 is 2.58 bits per heavy atom. The van der Waals surface area contributed by atoms with Crippen LogP contribution in [0.3, 0.4) is 0 Å². The Hall–Kier alpha value is -3.07. The van der Waals surface area contributed by atoms with Gasteiger partial charge < -0.3 is 20.5 Å². The zero-order valence-corrected chi connectivity index (χ0v) is 17.5. The smallest absolute Gasteiger partial charge is 0.172 e. The number of benzene rings is 1. The number of rotatable bonds is 5. The molecule has 0 bridgehead atoms. The molecule has 9 heteroatoms. The number of nitrogens with zero attached hydrogens (tertiary/aromatic N) is 4. The normalized spacial score (nSPS) is 15.5. The van der Waals surface area contributed by atoms with Crippen LogP contribution in [-0.2, 0) is 6.42 Å². The maximum absolute atomic E-state index is 13.9. The van der Waals surface area contributed by atoms with Gasteiger partial charge in [-0.3, -0.25) is 4.98 Å². The highest BCUT2D eigenvalue weighted by molar-refractivity contribution is 5.79. The number of pyridine rings is 1. The summed E-state index contributed by atoms with van der Waals surface area (Å²) < 4.78 is 32.6. The van der Waals surface area contributed by atoms with Crippen LogP contribution in [0, 0.1) is 11.6 Å². The predicted octanol–water partition coefficient (Wildman–Crippen LogP) is 3.25. The summed E-state index contributed by atoms with van der Waals surface area (Å²) in [5.41, 5.74) is 7.24. The fraction of sp³-hybridized carbons (Fsp3) is 0.409. The molecule has 3 N–H and O–H groups in total. The average molecular weight is 429 g/mol. The van der Waals surface area contributed by atoms with Crippen LogP contribution in [0.25, 0.3) is 11.0 Å². The summed E-state index contributed by atoms with van der Waals surface area (Å²) in [6, 6.07) is 5.12. The van der Waals surface area contributed by atoms with Crippen molar-refractivity contribution in [2.75, 3.05) is 23.7 Å². The summed E-state index contributed by atoms with van der Waals surface area (Å²) >= 11 is 0. The Morgan fingerprint density at radius 1 is 1.16 bits per heavy atom. The molecule has 164 valence electrons. The van der Waals surface area contributed by atoms with Gasteiger partial charge in [0.2, 0.25) is 0 Å². The zero-order valence-electron chi connectivity index (χ0n) is 17.5. The van der Waals surface area contributed by atoms with Crippen LogP contribution in [0.5, 0.6) is 5.75 Å². The first-order valence-electron chi connectivity index (χ1n) is 10.2. The molecule has 3 heterocycles. The fourth-order valence-corrected chi connectivity index (χ4v) is 3.71. The van der Waals surface area contributed by atoms with Gasteiger partial charge >= 0.3 is 0 Å². The van der Waals surface area contributed by atoms with E-state index in [4.69, 9.17) is 15.5 Å². The number of piperidine rings is 1. The molecule has 0 spiro atoms. The van der Waals surface area contributed by atoms with E-state index >= 15 is 0 Å². The zero-order chi connectivity index (χ0) is 22.2. The van der Waals surface area contributed by atoms with Gasteiger partial charge in [0.25, 0.3) is 0 Å². The van der Waals surface area contributed by atoms with Gasteiger partial charge in [-0.25, -0.2) is 18.7 Å². The third kappa shape index (κ3) is 4.99. The minimum atomic E-state index is -0.878. The predicted molar refractivity (Wildman–Crippen MR) is 114 cm³/mol. The maximum atomic E-state index is 13.9. The number of aliphatic hydroxyl groups is 1. The third-order valence-electron chi connectivity index (χ3n) is 5.16. The van der Waals surface area contributed by atoms with Gasteiger partial charge in [-0.1, -0.05) is 0 Å². The molecule has 0 saturated carbocycles. The molecule has 0 amide bonds. The van der Waals surface area contributed by atoms with Crippen LogP contribution in [-0.4, -0.2) is 44.9 Å². The lowest BCUT2D eigenvalue weighted by molar-refractivity contribution is 0.0800. The van der Waals surface area contributed by atoms with Crippen molar-refractivity contribution in [3.8, 4) is 5.75 Å². The SMILES string of the molecule is CC(C)(O)Cc1cc2nc(N3CCC(Oc4ccc(F)cc4F)CC3)c(N)nc2cn1. The summed E-state index contributed by atoms with van der Waals surface area (Å²) in [5, 5.41) is 10.0. The van der Waals surface area contributed by atoms with E-state index in [1.54, 1.807) is 20.0 Å². The Labute approximate surface area is 178 Å². The highest BCUT2D eigenvalue weighted by atomic mass is 19.1. The van der Waals surface area contributed by atoms with Crippen LogP contribution < -0.4 is 15.4 Å². The van der Waals surface area contributed by atoms with Gasteiger partial charge in [0.05, 0.1) is 17.3 Å². The monoisotopic (exact) mass is 429 g/mol. The highest BCUT2D eigenvalue weighted by Gasteiger charge is 2.25. The van der Waals surface area contributed by atoms with E-state index < -0.39 is 17.2 Å². The number of halogens is 2. The topological polar surface area (TPSA) is 97.4 Å². The van der Waals surface area contributed by atoms with Crippen LogP contribution in [0.15, 0.2) is 30.5 Å². The number of ether oxygens (including phenoxy) is 1. The number of aromatic nitrogens is 3. The van der Waals surface area contributed by atoms with Gasteiger partial charge in [0.1, 0.15) is 17.4 Å². The van der Waals surface area contributed by atoms with E-state index in [-0.39, 0.29) is 11.9 Å². The molecule has 1 aliphatic rings. The molecule has 1 fully saturated rings. The minimum Gasteiger partial charge on any atom is -0.487 e. The van der Waals surface area contributed by atoms with E-state index in [0.29, 0.717) is 55.0 Å². The minimum absolute atomic E-state index is 0.0525. The van der Waals surface area contributed by atoms with Gasteiger partial charge in [0.15, 0.2) is 23.2 Å². The van der Waals surface area contributed by atoms with E-state index in [1.165, 1.54) is 12.1 Å². The van der Waals surface area contributed by atoms with Crippen molar-refractivity contribution in [3.05, 3.63) is 47.8 Å². The molecule has 1 saturated heterocycles. The molecule has 0 unspecified atom stereocenters. The number of nitrogens with two attached hydrogens (primary N) is 1. The van der Waals surface area contributed by atoms with Crippen molar-refractivity contribution >= 4 is 22.7 Å². The molecular weight excluding hydrogens is 404 g/mol. The number of anilines is 2. The summed E-state index contributed by atoms with van der Waals surface area (Å²) in [4.78, 5) is 15.5. The Morgan fingerprint density at radius 2 is 1.90 bits per heavy atom. The molecule has 31 heavy (non-hydrogen) atoms. The Bertz CT molecular complexity index is 1100. The molecule has 4 rings (SSSR count). The standard InChI is InChI=1S/C22H25F2N5O2/c1-22(2,30)11-14-10-17-18(12-26-14)27-20(25)21(28-17)29-7-5-15(6-8-29)31-19-4-3-13(23)9-16(19)24/h3-4,9-10,12,15,30H,5-8,11H2,1-2H3,(H2,25,27). The number of hydrogen-bond acceptors (Lipinski definition) is 7. The lowest BCUT2D eigenvalue weighted by atomic mass is 10.0. The van der Waals surface area contributed by atoms with Crippen LogP contribution >= 0.6 is 0 Å². The molecule has 7 nitrogen and oxygen atoms in total. The first kappa shape index (κ1) is 21.2. The number of fused-ring (bicyclic) bond motifs is 1. The molecule has 3 aromatic rings. The van der Waals surface area contributed by atoms with Crippen molar-refractivity contribution in [2.24, 2.45) is 0 Å².